The molecule has 0 amide bonds. The number of anilines is 1. The monoisotopic (exact) mass is 274 g/mol. The van der Waals surface area contributed by atoms with E-state index in [9.17, 15) is 8.42 Å². The van der Waals surface area contributed by atoms with Gasteiger partial charge in [0.15, 0.2) is 0 Å². The van der Waals surface area contributed by atoms with E-state index >= 15 is 0 Å². The van der Waals surface area contributed by atoms with Gasteiger partial charge in [-0.15, -0.1) is 0 Å². The van der Waals surface area contributed by atoms with Gasteiger partial charge in [-0.25, -0.2) is 13.1 Å². The first kappa shape index (κ1) is 14.7. The molecule has 0 bridgehead atoms. The molecule has 1 atom stereocenters. The van der Waals surface area contributed by atoms with Crippen molar-refractivity contribution >= 4 is 15.7 Å². The largest absolute Gasteiger partial charge is 0.495 e. The predicted octanol–water partition coefficient (Wildman–Crippen LogP) is 0.591. The van der Waals surface area contributed by atoms with Crippen LogP contribution in [0.3, 0.4) is 0 Å². The molecule has 3 N–H and O–H groups in total. The Hall–Kier alpha value is -1.31. The van der Waals surface area contributed by atoms with Crippen LogP contribution in [-0.4, -0.2) is 35.3 Å². The minimum Gasteiger partial charge on any atom is -0.495 e. The predicted molar refractivity (Wildman–Crippen MR) is 69.1 cm³/mol. The molecule has 1 unspecified atom stereocenters. The van der Waals surface area contributed by atoms with E-state index in [1.165, 1.54) is 32.4 Å². The molecule has 0 radical (unpaired) electrons. The molecule has 0 aliphatic heterocycles. The van der Waals surface area contributed by atoms with Crippen LogP contribution in [0, 0.1) is 0 Å². The third-order valence-electron chi connectivity index (χ3n) is 2.25. The third kappa shape index (κ3) is 3.59. The molecule has 1 aromatic rings. The van der Waals surface area contributed by atoms with Gasteiger partial charge in [-0.05, 0) is 19.1 Å². The van der Waals surface area contributed by atoms with Crippen molar-refractivity contribution < 1.29 is 17.9 Å². The lowest BCUT2D eigenvalue weighted by Crippen LogP contribution is -2.35. The Morgan fingerprint density at radius 1 is 1.39 bits per heavy atom. The Morgan fingerprint density at radius 3 is 2.61 bits per heavy atom. The standard InChI is InChI=1S/C11H18N2O4S/c1-8(7-16-2)13-18(14,15)11-5-4-9(12)6-10(11)17-3/h4-6,8,13H,7,12H2,1-3H3. The van der Waals surface area contributed by atoms with Crippen molar-refractivity contribution in [3.05, 3.63) is 18.2 Å². The molecule has 0 aromatic heterocycles. The first-order valence-electron chi connectivity index (χ1n) is 5.35. The Labute approximate surface area is 107 Å². The van der Waals surface area contributed by atoms with Crippen LogP contribution in [0.1, 0.15) is 6.92 Å². The van der Waals surface area contributed by atoms with Gasteiger partial charge in [0.05, 0.1) is 13.7 Å². The van der Waals surface area contributed by atoms with Crippen LogP contribution in [-0.2, 0) is 14.8 Å². The summed E-state index contributed by atoms with van der Waals surface area (Å²) >= 11 is 0. The Balaban J connectivity index is 3.05. The van der Waals surface area contributed by atoms with E-state index in [1.54, 1.807) is 6.92 Å². The molecule has 0 fully saturated rings. The van der Waals surface area contributed by atoms with Crippen molar-refractivity contribution in [3.63, 3.8) is 0 Å². The van der Waals surface area contributed by atoms with Crippen LogP contribution >= 0.6 is 0 Å². The first-order chi connectivity index (χ1) is 8.40. The lowest BCUT2D eigenvalue weighted by atomic mass is 10.3. The van der Waals surface area contributed by atoms with Gasteiger partial charge >= 0.3 is 0 Å². The van der Waals surface area contributed by atoms with Gasteiger partial charge in [0.25, 0.3) is 0 Å². The number of nitrogen functional groups attached to an aromatic ring is 1. The number of ether oxygens (including phenoxy) is 2. The fraction of sp³-hybridized carbons (Fsp3) is 0.455. The fourth-order valence-corrected chi connectivity index (χ4v) is 2.90. The number of sulfonamides is 1. The lowest BCUT2D eigenvalue weighted by molar-refractivity contribution is 0.180. The topological polar surface area (TPSA) is 90.7 Å². The summed E-state index contributed by atoms with van der Waals surface area (Å²) in [7, 11) is -0.748. The van der Waals surface area contributed by atoms with E-state index in [1.807, 2.05) is 0 Å². The molecule has 0 aliphatic carbocycles. The molecule has 102 valence electrons. The normalized spacial score (nSPS) is 13.3. The van der Waals surface area contributed by atoms with Crippen LogP contribution < -0.4 is 15.2 Å². The molecule has 0 heterocycles. The minimum absolute atomic E-state index is 0.0575. The highest BCUT2D eigenvalue weighted by Gasteiger charge is 2.21. The van der Waals surface area contributed by atoms with Crippen LogP contribution in [0.2, 0.25) is 0 Å². The molecule has 7 heteroatoms. The van der Waals surface area contributed by atoms with Crippen molar-refractivity contribution in [2.45, 2.75) is 17.9 Å². The number of hydrogen-bond acceptors (Lipinski definition) is 5. The third-order valence-corrected chi connectivity index (χ3v) is 3.88. The minimum atomic E-state index is -3.65. The number of methoxy groups -OCH3 is 2. The van der Waals surface area contributed by atoms with Gasteiger partial charge in [-0.1, -0.05) is 0 Å². The van der Waals surface area contributed by atoms with Crippen LogP contribution in [0.4, 0.5) is 5.69 Å². The first-order valence-corrected chi connectivity index (χ1v) is 6.84. The molecule has 6 nitrogen and oxygen atoms in total. The highest BCUT2D eigenvalue weighted by atomic mass is 32.2. The van der Waals surface area contributed by atoms with Crippen molar-refractivity contribution in [2.24, 2.45) is 0 Å². The highest BCUT2D eigenvalue weighted by molar-refractivity contribution is 7.89. The van der Waals surface area contributed by atoms with Gasteiger partial charge in [-0.2, -0.15) is 0 Å². The molecule has 1 aromatic carbocycles. The van der Waals surface area contributed by atoms with E-state index in [0.717, 1.165) is 0 Å². The van der Waals surface area contributed by atoms with Gasteiger partial charge in [0.2, 0.25) is 10.0 Å². The second-order valence-electron chi connectivity index (χ2n) is 3.89. The van der Waals surface area contributed by atoms with Crippen molar-refractivity contribution in [1.29, 1.82) is 0 Å². The molecule has 0 aliphatic rings. The number of rotatable bonds is 6. The average Bonchev–Trinajstić information content (AvgIpc) is 2.27. The summed E-state index contributed by atoms with van der Waals surface area (Å²) in [4.78, 5) is 0.0575. The summed E-state index contributed by atoms with van der Waals surface area (Å²) in [5.41, 5.74) is 6.02. The van der Waals surface area contributed by atoms with E-state index in [-0.39, 0.29) is 23.3 Å². The molecule has 0 saturated heterocycles. The van der Waals surface area contributed by atoms with Crippen LogP contribution in [0.5, 0.6) is 5.75 Å². The zero-order valence-electron chi connectivity index (χ0n) is 10.6. The smallest absolute Gasteiger partial charge is 0.244 e. The zero-order valence-corrected chi connectivity index (χ0v) is 11.5. The van der Waals surface area contributed by atoms with Crippen molar-refractivity contribution in [1.82, 2.24) is 4.72 Å². The Morgan fingerprint density at radius 2 is 2.06 bits per heavy atom. The number of nitrogens with one attached hydrogen (secondary N) is 1. The molecule has 1 rings (SSSR count). The van der Waals surface area contributed by atoms with Crippen molar-refractivity contribution in [3.8, 4) is 5.75 Å². The van der Waals surface area contributed by atoms with E-state index in [2.05, 4.69) is 4.72 Å². The Bertz CT molecular complexity index is 502. The van der Waals surface area contributed by atoms with Gasteiger partial charge < -0.3 is 15.2 Å². The van der Waals surface area contributed by atoms with Gasteiger partial charge in [-0.3, -0.25) is 0 Å². The van der Waals surface area contributed by atoms with Gasteiger partial charge in [0, 0.05) is 24.9 Å². The Kier molecular flexibility index (Phi) is 4.94. The average molecular weight is 274 g/mol. The maximum Gasteiger partial charge on any atom is 0.244 e. The molecular weight excluding hydrogens is 256 g/mol. The fourth-order valence-electron chi connectivity index (χ4n) is 1.52. The van der Waals surface area contributed by atoms with Crippen molar-refractivity contribution in [2.75, 3.05) is 26.6 Å². The second kappa shape index (κ2) is 6.03. The number of benzene rings is 1. The number of hydrogen-bond donors (Lipinski definition) is 2. The summed E-state index contributed by atoms with van der Waals surface area (Å²) in [6, 6.07) is 4.06. The van der Waals surface area contributed by atoms with Crippen LogP contribution in [0.25, 0.3) is 0 Å². The van der Waals surface area contributed by atoms with E-state index in [0.29, 0.717) is 5.69 Å². The van der Waals surface area contributed by atoms with E-state index in [4.69, 9.17) is 15.2 Å². The number of nitrogens with two attached hydrogens (primary N) is 1. The van der Waals surface area contributed by atoms with Gasteiger partial charge in [0.1, 0.15) is 10.6 Å². The summed E-state index contributed by atoms with van der Waals surface area (Å²) in [6.45, 7) is 2.00. The maximum absolute atomic E-state index is 12.1. The maximum atomic E-state index is 12.1. The molecule has 18 heavy (non-hydrogen) atoms. The highest BCUT2D eigenvalue weighted by Crippen LogP contribution is 2.25. The van der Waals surface area contributed by atoms with Crippen LogP contribution in [0.15, 0.2) is 23.1 Å². The second-order valence-corrected chi connectivity index (χ2v) is 5.57. The summed E-state index contributed by atoms with van der Waals surface area (Å²) in [5, 5.41) is 0. The SMILES string of the molecule is COCC(C)NS(=O)(=O)c1ccc(N)cc1OC. The lowest BCUT2D eigenvalue weighted by Gasteiger charge is -2.15. The summed E-state index contributed by atoms with van der Waals surface area (Å²) in [5.74, 6) is 0.215. The zero-order chi connectivity index (χ0) is 13.8. The summed E-state index contributed by atoms with van der Waals surface area (Å²) < 4.78 is 36.6. The quantitative estimate of drug-likeness (QED) is 0.741. The molecule has 0 spiro atoms. The summed E-state index contributed by atoms with van der Waals surface area (Å²) in [6.07, 6.45) is 0. The molecule has 0 saturated carbocycles. The van der Waals surface area contributed by atoms with E-state index < -0.39 is 10.0 Å². The molecular formula is C11H18N2O4S.